The number of esters is 3. The molecular weight excluding hydrogens is 729 g/mol. The molecule has 0 saturated carbocycles. The molecule has 1 amide bonds. The Morgan fingerprint density at radius 2 is 1.67 bits per heavy atom. The lowest BCUT2D eigenvalue weighted by Crippen LogP contribution is -2.43. The number of benzene rings is 2. The van der Waals surface area contributed by atoms with E-state index in [1.54, 1.807) is 38.1 Å². The number of alkyl carbamates (subject to hydrolysis) is 1. The predicted octanol–water partition coefficient (Wildman–Crippen LogP) is 4.43. The minimum Gasteiger partial charge on any atom is -0.481 e. The van der Waals surface area contributed by atoms with Crippen LogP contribution < -0.4 is 14.9 Å². The Hall–Kier alpha value is -5.01. The normalized spacial score (nSPS) is 18.6. The Morgan fingerprint density at radius 1 is 0.963 bits per heavy atom. The molecule has 1 saturated heterocycles. The van der Waals surface area contributed by atoms with Crippen LogP contribution in [0.1, 0.15) is 57.6 Å². The summed E-state index contributed by atoms with van der Waals surface area (Å²) in [5, 5.41) is 23.4. The number of methoxy groups -OCH3 is 1. The highest BCUT2D eigenvalue weighted by molar-refractivity contribution is 7.52. The molecule has 1 heterocycles. The molecule has 3 N–H and O–H groups in total. The van der Waals surface area contributed by atoms with Gasteiger partial charge in [-0.15, -0.1) is 0 Å². The summed E-state index contributed by atoms with van der Waals surface area (Å²) in [6.45, 7) is 4.00. The van der Waals surface area contributed by atoms with Gasteiger partial charge < -0.3 is 38.6 Å². The minimum atomic E-state index is -4.44. The van der Waals surface area contributed by atoms with Gasteiger partial charge in [-0.1, -0.05) is 42.5 Å². The predicted molar refractivity (Wildman–Crippen MR) is 188 cm³/mol. The number of hydrogen-bond donors (Lipinski definition) is 3. The highest BCUT2D eigenvalue weighted by Crippen LogP contribution is 2.45. The molecule has 3 rings (SSSR count). The standard InChI is InChI=1S/C36H46N3O14P/c1-23(2)52-34(43)24(3)39-54(46,51-22-50-33(42)17-15-29-27(12-16-32(40)41)21-48-31(29)19-37)53-28-13-10-25(11-14-28)18-30(35(44)47-4)38-36(45)49-20-26-8-6-5-7-9-26/h5-11,13-14,23-24,27,29-31H,12,15-18,20-22H2,1-4H3,(H,38,45)(H,39,46)(H,40,41)/t24-,27?,29?,30-,31?,54?/m0/s1. The molecule has 0 radical (unpaired) electrons. The molecular formula is C36H46N3O14P. The molecule has 2 aromatic rings. The Labute approximate surface area is 313 Å². The van der Waals surface area contributed by atoms with Gasteiger partial charge in [-0.05, 0) is 62.8 Å². The second-order valence-electron chi connectivity index (χ2n) is 12.6. The number of nitrogens with one attached hydrogen (secondary N) is 2. The van der Waals surface area contributed by atoms with Crippen LogP contribution in [0.25, 0.3) is 0 Å². The van der Waals surface area contributed by atoms with Crippen LogP contribution in [0.2, 0.25) is 0 Å². The van der Waals surface area contributed by atoms with E-state index in [1.807, 2.05) is 12.1 Å². The van der Waals surface area contributed by atoms with Crippen molar-refractivity contribution in [3.8, 4) is 11.8 Å². The first-order chi connectivity index (χ1) is 25.7. The molecule has 0 aliphatic carbocycles. The zero-order valence-corrected chi connectivity index (χ0v) is 31.4. The van der Waals surface area contributed by atoms with Gasteiger partial charge in [0.15, 0.2) is 0 Å². The fourth-order valence-electron chi connectivity index (χ4n) is 5.38. The molecule has 4 unspecified atom stereocenters. The third kappa shape index (κ3) is 14.8. The molecule has 1 aliphatic heterocycles. The molecule has 1 aliphatic rings. The van der Waals surface area contributed by atoms with Gasteiger partial charge in [-0.2, -0.15) is 10.3 Å². The molecule has 2 aromatic carbocycles. The lowest BCUT2D eigenvalue weighted by atomic mass is 9.84. The molecule has 294 valence electrons. The van der Waals surface area contributed by atoms with E-state index in [1.165, 1.54) is 38.3 Å². The highest BCUT2D eigenvalue weighted by Gasteiger charge is 2.38. The number of carbonyl (C=O) groups is 5. The quantitative estimate of drug-likeness (QED) is 0.0688. The van der Waals surface area contributed by atoms with E-state index in [0.29, 0.717) is 5.56 Å². The largest absolute Gasteiger partial charge is 0.481 e. The van der Waals surface area contributed by atoms with Crippen molar-refractivity contribution in [2.75, 3.05) is 20.5 Å². The van der Waals surface area contributed by atoms with Crippen molar-refractivity contribution in [2.45, 2.75) is 83.8 Å². The highest BCUT2D eigenvalue weighted by atomic mass is 31.2. The third-order valence-corrected chi connectivity index (χ3v) is 9.70. The summed E-state index contributed by atoms with van der Waals surface area (Å²) >= 11 is 0. The van der Waals surface area contributed by atoms with Crippen LogP contribution in [0.15, 0.2) is 54.6 Å². The smallest absolute Gasteiger partial charge is 0.462 e. The maximum Gasteiger partial charge on any atom is 0.462 e. The van der Waals surface area contributed by atoms with E-state index in [4.69, 9.17) is 37.8 Å². The van der Waals surface area contributed by atoms with Crippen LogP contribution in [0.3, 0.4) is 0 Å². The van der Waals surface area contributed by atoms with Gasteiger partial charge in [0.1, 0.15) is 30.5 Å². The number of ether oxygens (including phenoxy) is 5. The average molecular weight is 776 g/mol. The first-order valence-electron chi connectivity index (χ1n) is 17.2. The van der Waals surface area contributed by atoms with Crippen LogP contribution in [0, 0.1) is 23.2 Å². The average Bonchev–Trinajstić information content (AvgIpc) is 3.54. The summed E-state index contributed by atoms with van der Waals surface area (Å²) in [5.74, 6) is -3.81. The Balaban J connectivity index is 1.63. The molecule has 0 spiro atoms. The lowest BCUT2D eigenvalue weighted by Gasteiger charge is -2.23. The Bertz CT molecular complexity index is 1650. The molecule has 6 atom stereocenters. The Kier molecular flexibility index (Phi) is 17.4. The number of carboxylic acid groups (broad SMARTS) is 1. The summed E-state index contributed by atoms with van der Waals surface area (Å²) in [6.07, 6.45) is -1.91. The van der Waals surface area contributed by atoms with Crippen molar-refractivity contribution in [2.24, 2.45) is 11.8 Å². The van der Waals surface area contributed by atoms with Crippen LogP contribution >= 0.6 is 7.75 Å². The first kappa shape index (κ1) is 43.4. The first-order valence-corrected chi connectivity index (χ1v) is 18.7. The maximum absolute atomic E-state index is 13.9. The summed E-state index contributed by atoms with van der Waals surface area (Å²) < 4.78 is 50.7. The molecule has 1 fully saturated rings. The van der Waals surface area contributed by atoms with Gasteiger partial charge in [-0.3, -0.25) is 14.4 Å². The van der Waals surface area contributed by atoms with E-state index >= 15 is 0 Å². The van der Waals surface area contributed by atoms with Crippen LogP contribution in [-0.4, -0.2) is 79.9 Å². The SMILES string of the molecule is COC(=O)[C@H](Cc1ccc(OP(=O)(N[C@@H](C)C(=O)OC(C)C)OCOC(=O)CCC2C(CCC(=O)O)COC2C#N)cc1)NC(=O)OCc1ccccc1. The monoisotopic (exact) mass is 775 g/mol. The van der Waals surface area contributed by atoms with E-state index in [0.717, 1.165) is 5.56 Å². The number of amides is 1. The summed E-state index contributed by atoms with van der Waals surface area (Å²) in [5.41, 5.74) is 1.30. The molecule has 54 heavy (non-hydrogen) atoms. The van der Waals surface area contributed by atoms with Crippen molar-refractivity contribution in [3.63, 3.8) is 0 Å². The molecule has 17 nitrogen and oxygen atoms in total. The fourth-order valence-corrected chi connectivity index (χ4v) is 6.73. The van der Waals surface area contributed by atoms with Crippen molar-refractivity contribution in [1.82, 2.24) is 10.4 Å². The zero-order valence-electron chi connectivity index (χ0n) is 30.5. The van der Waals surface area contributed by atoms with E-state index in [-0.39, 0.29) is 62.9 Å². The molecule has 0 aromatic heterocycles. The van der Waals surface area contributed by atoms with Crippen molar-refractivity contribution >= 4 is 37.7 Å². The van der Waals surface area contributed by atoms with Crippen LogP contribution in [-0.2, 0) is 65.0 Å². The second kappa shape index (κ2) is 21.6. The third-order valence-electron chi connectivity index (χ3n) is 8.10. The Morgan fingerprint density at radius 3 is 2.30 bits per heavy atom. The summed E-state index contributed by atoms with van der Waals surface area (Å²) in [7, 11) is -3.26. The van der Waals surface area contributed by atoms with E-state index in [9.17, 15) is 33.8 Å². The van der Waals surface area contributed by atoms with Gasteiger partial charge in [0.25, 0.3) is 0 Å². The van der Waals surface area contributed by atoms with Gasteiger partial charge >= 0.3 is 37.7 Å². The fraction of sp³-hybridized carbons (Fsp3) is 0.500. The number of rotatable bonds is 21. The molecule has 0 bridgehead atoms. The maximum atomic E-state index is 13.9. The second-order valence-corrected chi connectivity index (χ2v) is 14.3. The van der Waals surface area contributed by atoms with Crippen molar-refractivity contribution in [3.05, 3.63) is 65.7 Å². The topological polar surface area (TPSA) is 235 Å². The van der Waals surface area contributed by atoms with Crippen LogP contribution in [0.4, 0.5) is 4.79 Å². The lowest BCUT2D eigenvalue weighted by molar-refractivity contribution is -0.152. The molecule has 18 heteroatoms. The summed E-state index contributed by atoms with van der Waals surface area (Å²) in [4.78, 5) is 61.1. The van der Waals surface area contributed by atoms with Crippen molar-refractivity contribution < 1.29 is 66.4 Å². The van der Waals surface area contributed by atoms with Crippen LogP contribution in [0.5, 0.6) is 5.75 Å². The number of carbonyl (C=O) groups excluding carboxylic acids is 4. The van der Waals surface area contributed by atoms with Gasteiger partial charge in [-0.25, -0.2) is 18.7 Å². The number of hydrogen-bond acceptors (Lipinski definition) is 14. The van der Waals surface area contributed by atoms with Gasteiger partial charge in [0.2, 0.25) is 6.79 Å². The van der Waals surface area contributed by atoms with E-state index in [2.05, 4.69) is 10.4 Å². The number of aliphatic carboxylic acids is 1. The zero-order chi connectivity index (χ0) is 39.7. The van der Waals surface area contributed by atoms with Gasteiger partial charge in [0, 0.05) is 25.2 Å². The summed E-state index contributed by atoms with van der Waals surface area (Å²) in [6, 6.07) is 14.6. The van der Waals surface area contributed by atoms with Crippen molar-refractivity contribution in [1.29, 1.82) is 5.26 Å². The minimum absolute atomic E-state index is 0.00374. The number of nitriles is 1. The van der Waals surface area contributed by atoms with Gasteiger partial charge in [0.05, 0.1) is 25.9 Å². The van der Waals surface area contributed by atoms with E-state index < -0.39 is 68.8 Å². The number of nitrogens with zero attached hydrogens (tertiary/aromatic N) is 1. The number of carboxylic acids is 1.